The number of benzene rings is 2. The molecule has 7 heteroatoms. The van der Waals surface area contributed by atoms with Gasteiger partial charge in [0, 0.05) is 56.2 Å². The molecule has 0 spiro atoms. The Bertz CT molecular complexity index is 1170. The van der Waals surface area contributed by atoms with Gasteiger partial charge in [-0.3, -0.25) is 9.69 Å². The molecule has 2 aromatic carbocycles. The molecule has 1 atom stereocenters. The minimum Gasteiger partial charge on any atom is -0.502 e. The minimum absolute atomic E-state index is 0.126. The first-order valence-electron chi connectivity index (χ1n) is 11.1. The molecule has 3 aromatic rings. The Morgan fingerprint density at radius 2 is 1.64 bits per heavy atom. The van der Waals surface area contributed by atoms with Gasteiger partial charge in [-0.15, -0.1) is 0 Å². The van der Waals surface area contributed by atoms with Gasteiger partial charge in [0.15, 0.2) is 0 Å². The lowest BCUT2D eigenvalue weighted by Gasteiger charge is -2.27. The minimum atomic E-state index is -0.584. The maximum absolute atomic E-state index is 11.6. The van der Waals surface area contributed by atoms with Crippen LogP contribution in [0.2, 0.25) is 0 Å². The first-order chi connectivity index (χ1) is 16.1. The second-order valence-electron chi connectivity index (χ2n) is 8.21. The zero-order valence-corrected chi connectivity index (χ0v) is 18.4. The Balaban J connectivity index is 1.39. The average molecular weight is 445 g/mol. The van der Waals surface area contributed by atoms with E-state index in [9.17, 15) is 15.0 Å². The molecule has 0 saturated carbocycles. The Hall–Kier alpha value is -3.44. The van der Waals surface area contributed by atoms with Crippen LogP contribution in [0.5, 0.6) is 5.75 Å². The van der Waals surface area contributed by atoms with Crippen LogP contribution >= 0.6 is 0 Å². The average Bonchev–Trinajstić information content (AvgIpc) is 2.86. The van der Waals surface area contributed by atoms with Crippen LogP contribution in [0.15, 0.2) is 59.7 Å². The summed E-state index contributed by atoms with van der Waals surface area (Å²) in [6.07, 6.45) is 1.51. The second kappa shape index (κ2) is 10.9. The molecule has 1 aliphatic rings. The maximum atomic E-state index is 11.6. The summed E-state index contributed by atoms with van der Waals surface area (Å²) in [7, 11) is 0. The molecule has 0 aliphatic carbocycles. The molecule has 1 aliphatic heterocycles. The van der Waals surface area contributed by atoms with Gasteiger partial charge in [0.1, 0.15) is 0 Å². The van der Waals surface area contributed by atoms with Gasteiger partial charge in [-0.05, 0) is 35.4 Å². The summed E-state index contributed by atoms with van der Waals surface area (Å²) in [5, 5.41) is 23.1. The molecule has 1 fully saturated rings. The molecule has 0 amide bonds. The normalized spacial score (nSPS) is 14.9. The summed E-state index contributed by atoms with van der Waals surface area (Å²) in [5.41, 5.74) is 3.70. The Labute approximate surface area is 193 Å². The van der Waals surface area contributed by atoms with Crippen molar-refractivity contribution in [3.05, 3.63) is 93.2 Å². The van der Waals surface area contributed by atoms with E-state index in [2.05, 4.69) is 56.3 Å². The fraction of sp³-hybridized carbons (Fsp3) is 0.308. The molecule has 7 nitrogen and oxygen atoms in total. The predicted molar refractivity (Wildman–Crippen MR) is 127 cm³/mol. The van der Waals surface area contributed by atoms with Crippen LogP contribution in [0.4, 0.5) is 0 Å². The van der Waals surface area contributed by atoms with Crippen molar-refractivity contribution in [2.75, 3.05) is 32.8 Å². The molecule has 0 radical (unpaired) electrons. The number of hydrogen-bond acceptors (Lipinski definition) is 6. The number of piperazine rings is 1. The zero-order valence-electron chi connectivity index (χ0n) is 18.4. The van der Waals surface area contributed by atoms with Crippen LogP contribution in [0.25, 0.3) is 0 Å². The van der Waals surface area contributed by atoms with Gasteiger partial charge in [0.2, 0.25) is 5.75 Å². The third kappa shape index (κ3) is 6.08. The Kier molecular flexibility index (Phi) is 7.53. The van der Waals surface area contributed by atoms with Crippen LogP contribution in [-0.4, -0.2) is 57.9 Å². The Morgan fingerprint density at radius 3 is 2.27 bits per heavy atom. The fourth-order valence-corrected chi connectivity index (χ4v) is 3.90. The molecule has 0 bridgehead atoms. The molecule has 170 valence electrons. The third-order valence-corrected chi connectivity index (χ3v) is 5.87. The summed E-state index contributed by atoms with van der Waals surface area (Å²) < 4.78 is 0. The van der Waals surface area contributed by atoms with Crippen molar-refractivity contribution in [3.63, 3.8) is 0 Å². The van der Waals surface area contributed by atoms with Gasteiger partial charge < -0.3 is 20.5 Å². The summed E-state index contributed by atoms with van der Waals surface area (Å²) in [6, 6.07) is 16.0. The number of aromatic amines is 1. The lowest BCUT2D eigenvalue weighted by atomic mass is 9.94. The number of nitrogens with zero attached hydrogens (tertiary/aromatic N) is 2. The number of aliphatic hydroxyl groups excluding tert-OH is 1. The molecule has 4 rings (SSSR count). The van der Waals surface area contributed by atoms with E-state index in [1.165, 1.54) is 11.9 Å². The first kappa shape index (κ1) is 22.7. The van der Waals surface area contributed by atoms with Crippen molar-refractivity contribution in [2.24, 2.45) is 0 Å². The van der Waals surface area contributed by atoms with Crippen molar-refractivity contribution in [1.82, 2.24) is 20.2 Å². The molecule has 2 heterocycles. The van der Waals surface area contributed by atoms with Crippen LogP contribution in [0.1, 0.15) is 33.9 Å². The molecule has 4 N–H and O–H groups in total. The maximum Gasteiger partial charge on any atom is 0.293 e. The highest BCUT2D eigenvalue weighted by Crippen LogP contribution is 2.22. The van der Waals surface area contributed by atoms with Crippen LogP contribution in [-0.2, 0) is 13.0 Å². The molecule has 33 heavy (non-hydrogen) atoms. The zero-order chi connectivity index (χ0) is 23.0. The van der Waals surface area contributed by atoms with E-state index in [4.69, 9.17) is 0 Å². The van der Waals surface area contributed by atoms with Crippen molar-refractivity contribution >= 4 is 0 Å². The van der Waals surface area contributed by atoms with Crippen molar-refractivity contribution in [2.45, 2.75) is 18.9 Å². The number of aromatic hydroxyl groups is 1. The summed E-state index contributed by atoms with van der Waals surface area (Å²) in [6.45, 7) is 5.10. The van der Waals surface area contributed by atoms with E-state index in [0.717, 1.165) is 49.4 Å². The lowest BCUT2D eigenvalue weighted by Crippen LogP contribution is -2.42. The molecule has 1 unspecified atom stereocenters. The van der Waals surface area contributed by atoms with E-state index in [1.807, 2.05) is 24.3 Å². The van der Waals surface area contributed by atoms with Gasteiger partial charge in [-0.25, -0.2) is 4.98 Å². The first-order valence-corrected chi connectivity index (χ1v) is 11.1. The molecule has 1 aromatic heterocycles. The Morgan fingerprint density at radius 1 is 1.00 bits per heavy atom. The van der Waals surface area contributed by atoms with Gasteiger partial charge in [0.25, 0.3) is 5.56 Å². The highest BCUT2D eigenvalue weighted by atomic mass is 16.3. The highest BCUT2D eigenvalue weighted by Gasteiger charge is 2.16. The van der Waals surface area contributed by atoms with E-state index < -0.39 is 11.3 Å². The van der Waals surface area contributed by atoms with Crippen LogP contribution in [0.3, 0.4) is 0 Å². The number of hydrogen-bond donors (Lipinski definition) is 4. The number of rotatable bonds is 6. The second-order valence-corrected chi connectivity index (χ2v) is 8.21. The summed E-state index contributed by atoms with van der Waals surface area (Å²) in [4.78, 5) is 20.4. The van der Waals surface area contributed by atoms with Gasteiger partial charge in [0.05, 0.1) is 18.6 Å². The van der Waals surface area contributed by atoms with Crippen molar-refractivity contribution < 1.29 is 10.2 Å². The number of H-pyrrole nitrogens is 1. The fourth-order valence-electron chi connectivity index (χ4n) is 3.90. The van der Waals surface area contributed by atoms with E-state index >= 15 is 0 Å². The van der Waals surface area contributed by atoms with E-state index in [-0.39, 0.29) is 24.6 Å². The van der Waals surface area contributed by atoms with Gasteiger partial charge in [-0.1, -0.05) is 36.1 Å². The molecule has 1 saturated heterocycles. The lowest BCUT2D eigenvalue weighted by molar-refractivity contribution is 0.233. The molecular formula is C26H28N4O3. The van der Waals surface area contributed by atoms with Gasteiger partial charge >= 0.3 is 0 Å². The SMILES string of the molecule is O=c1[nH]cnc(CC(CO)c2ccc(C#Cc3ccc(CN4CCNCC4)cc3)cc2)c1O. The monoisotopic (exact) mass is 444 g/mol. The predicted octanol–water partition coefficient (Wildman–Crippen LogP) is 1.60. The quantitative estimate of drug-likeness (QED) is 0.431. The summed E-state index contributed by atoms with van der Waals surface area (Å²) in [5.74, 6) is 5.70. The number of aromatic nitrogens is 2. The van der Waals surface area contributed by atoms with Crippen molar-refractivity contribution in [1.29, 1.82) is 0 Å². The largest absolute Gasteiger partial charge is 0.502 e. The standard InChI is InChI=1S/C26H28N4O3/c31-17-23(15-24-25(32)26(33)29-18-28-24)22-9-7-20(8-10-22)2-1-19-3-5-21(6-4-19)16-30-13-11-27-12-14-30/h3-10,18,23,27,31-32H,11-17H2,(H,28,29,33). The topological polar surface area (TPSA) is 101 Å². The summed E-state index contributed by atoms with van der Waals surface area (Å²) >= 11 is 0. The number of aliphatic hydroxyl groups is 1. The smallest absolute Gasteiger partial charge is 0.293 e. The highest BCUT2D eigenvalue weighted by molar-refractivity contribution is 5.44. The van der Waals surface area contributed by atoms with Gasteiger partial charge in [-0.2, -0.15) is 0 Å². The van der Waals surface area contributed by atoms with Crippen LogP contribution in [0, 0.1) is 11.8 Å². The van der Waals surface area contributed by atoms with Crippen LogP contribution < -0.4 is 10.9 Å². The van der Waals surface area contributed by atoms with E-state index in [1.54, 1.807) is 0 Å². The van der Waals surface area contributed by atoms with E-state index in [0.29, 0.717) is 0 Å². The van der Waals surface area contributed by atoms with Crippen molar-refractivity contribution in [3.8, 4) is 17.6 Å². The molecular weight excluding hydrogens is 416 g/mol. The number of nitrogens with one attached hydrogen (secondary N) is 2. The third-order valence-electron chi connectivity index (χ3n) is 5.87.